The van der Waals surface area contributed by atoms with Crippen molar-refractivity contribution in [2.75, 3.05) is 29.6 Å². The van der Waals surface area contributed by atoms with Crippen LogP contribution in [0.4, 0.5) is 14.9 Å². The van der Waals surface area contributed by atoms with Crippen LogP contribution in [-0.4, -0.2) is 42.7 Å². The van der Waals surface area contributed by atoms with Gasteiger partial charge in [0.15, 0.2) is 0 Å². The smallest absolute Gasteiger partial charge is 0.414 e. The van der Waals surface area contributed by atoms with Crippen LogP contribution in [-0.2, 0) is 9.53 Å². The minimum Gasteiger partial charge on any atom is -0.447 e. The van der Waals surface area contributed by atoms with Gasteiger partial charge in [0.05, 0.1) is 11.7 Å². The second-order valence-corrected chi connectivity index (χ2v) is 6.91. The van der Waals surface area contributed by atoms with Gasteiger partial charge in [0.25, 0.3) is 0 Å². The lowest BCUT2D eigenvalue weighted by atomic mass is 10.0. The first-order chi connectivity index (χ1) is 11.6. The number of amides is 2. The van der Waals surface area contributed by atoms with Crippen LogP contribution in [0.1, 0.15) is 18.9 Å². The molecule has 2 heterocycles. The molecule has 1 saturated heterocycles. The Balaban J connectivity index is 1.82. The van der Waals surface area contributed by atoms with E-state index in [1.165, 1.54) is 17.9 Å². The van der Waals surface area contributed by atoms with Gasteiger partial charge in [-0.05, 0) is 35.9 Å². The number of anilines is 1. The number of ether oxygens (including phenoxy) is 1. The van der Waals surface area contributed by atoms with Crippen LogP contribution < -0.4 is 10.2 Å². The summed E-state index contributed by atoms with van der Waals surface area (Å²) in [5.41, 5.74) is 2.04. The summed E-state index contributed by atoms with van der Waals surface area (Å²) in [5.74, 6) is 1.36. The molecule has 24 heavy (non-hydrogen) atoms. The summed E-state index contributed by atoms with van der Waals surface area (Å²) in [6.07, 6.45) is 2.37. The zero-order valence-corrected chi connectivity index (χ0v) is 14.2. The molecule has 0 aromatic heterocycles. The van der Waals surface area contributed by atoms with E-state index < -0.39 is 6.09 Å². The standard InChI is InChI=1S/C17H19FN2O3S/c1-11(21)19-9-14-10-23-17(22)20(14)13-2-3-15(16(18)8-13)12-4-6-24-7-5-12/h2-4,8,14H,5-7,9-10H2,1H3,(H,19,21)/t14-/m0/s1. The topological polar surface area (TPSA) is 58.6 Å². The number of hydrogen-bond donors (Lipinski definition) is 1. The highest BCUT2D eigenvalue weighted by atomic mass is 32.2. The predicted octanol–water partition coefficient (Wildman–Crippen LogP) is 2.81. The number of benzene rings is 1. The molecule has 0 saturated carbocycles. The molecular weight excluding hydrogens is 331 g/mol. The zero-order chi connectivity index (χ0) is 17.1. The van der Waals surface area contributed by atoms with Crippen molar-refractivity contribution in [2.24, 2.45) is 0 Å². The highest BCUT2D eigenvalue weighted by Gasteiger charge is 2.34. The number of halogens is 1. The molecule has 2 aliphatic heterocycles. The highest BCUT2D eigenvalue weighted by molar-refractivity contribution is 7.99. The van der Waals surface area contributed by atoms with Crippen molar-refractivity contribution in [1.29, 1.82) is 0 Å². The van der Waals surface area contributed by atoms with Gasteiger partial charge in [-0.1, -0.05) is 6.08 Å². The van der Waals surface area contributed by atoms with E-state index >= 15 is 0 Å². The number of cyclic esters (lactones) is 1. The molecular formula is C17H19FN2O3S. The fourth-order valence-electron chi connectivity index (χ4n) is 2.87. The van der Waals surface area contributed by atoms with Gasteiger partial charge in [0.2, 0.25) is 5.91 Å². The van der Waals surface area contributed by atoms with Gasteiger partial charge in [-0.25, -0.2) is 9.18 Å². The summed E-state index contributed by atoms with van der Waals surface area (Å²) in [4.78, 5) is 24.5. The third-order valence-electron chi connectivity index (χ3n) is 4.09. The van der Waals surface area contributed by atoms with Crippen LogP contribution >= 0.6 is 11.8 Å². The minimum absolute atomic E-state index is 0.171. The van der Waals surface area contributed by atoms with E-state index in [1.807, 2.05) is 11.8 Å². The molecule has 0 bridgehead atoms. The SMILES string of the molecule is CC(=O)NC[C@H]1COC(=O)N1c1ccc(C2=CCSCC2)c(F)c1. The fraction of sp³-hybridized carbons (Fsp3) is 0.412. The van der Waals surface area contributed by atoms with Gasteiger partial charge in [-0.3, -0.25) is 9.69 Å². The molecule has 0 unspecified atom stereocenters. The van der Waals surface area contributed by atoms with Crippen molar-refractivity contribution in [2.45, 2.75) is 19.4 Å². The molecule has 0 aliphatic carbocycles. The van der Waals surface area contributed by atoms with Crippen molar-refractivity contribution in [3.8, 4) is 0 Å². The Morgan fingerprint density at radius 2 is 2.33 bits per heavy atom. The molecule has 1 aromatic rings. The average molecular weight is 350 g/mol. The van der Waals surface area contributed by atoms with E-state index in [1.54, 1.807) is 12.1 Å². The van der Waals surface area contributed by atoms with Gasteiger partial charge in [0, 0.05) is 24.8 Å². The number of carbonyl (C=O) groups excluding carboxylic acids is 2. The number of carbonyl (C=O) groups is 2. The Bertz CT molecular complexity index is 692. The summed E-state index contributed by atoms with van der Waals surface area (Å²) in [6, 6.07) is 4.48. The number of allylic oxidation sites excluding steroid dienone is 1. The van der Waals surface area contributed by atoms with E-state index in [-0.39, 0.29) is 30.9 Å². The van der Waals surface area contributed by atoms with Crippen LogP contribution in [0.3, 0.4) is 0 Å². The van der Waals surface area contributed by atoms with Crippen LogP contribution in [0.25, 0.3) is 5.57 Å². The molecule has 0 radical (unpaired) electrons. The average Bonchev–Trinajstić information content (AvgIpc) is 2.94. The van der Waals surface area contributed by atoms with Crippen molar-refractivity contribution in [1.82, 2.24) is 5.32 Å². The monoisotopic (exact) mass is 350 g/mol. The quantitative estimate of drug-likeness (QED) is 0.907. The molecule has 3 rings (SSSR count). The van der Waals surface area contributed by atoms with Crippen molar-refractivity contribution in [3.05, 3.63) is 35.7 Å². The fourth-order valence-corrected chi connectivity index (χ4v) is 3.72. The number of nitrogens with one attached hydrogen (secondary N) is 1. The van der Waals surface area contributed by atoms with Crippen LogP contribution in [0, 0.1) is 5.82 Å². The molecule has 128 valence electrons. The molecule has 1 N–H and O–H groups in total. The number of nitrogens with zero attached hydrogens (tertiary/aromatic N) is 1. The highest BCUT2D eigenvalue weighted by Crippen LogP contribution is 2.31. The first kappa shape index (κ1) is 16.8. The predicted molar refractivity (Wildman–Crippen MR) is 92.6 cm³/mol. The molecule has 2 amide bonds. The van der Waals surface area contributed by atoms with Gasteiger partial charge in [0.1, 0.15) is 12.4 Å². The number of hydrogen-bond acceptors (Lipinski definition) is 4. The third kappa shape index (κ3) is 3.56. The summed E-state index contributed by atoms with van der Waals surface area (Å²) in [7, 11) is 0. The second kappa shape index (κ2) is 7.25. The van der Waals surface area contributed by atoms with E-state index in [0.717, 1.165) is 23.5 Å². The second-order valence-electron chi connectivity index (χ2n) is 5.76. The minimum atomic E-state index is -0.522. The zero-order valence-electron chi connectivity index (χ0n) is 13.4. The maximum Gasteiger partial charge on any atom is 0.414 e. The molecule has 2 aliphatic rings. The van der Waals surface area contributed by atoms with Gasteiger partial charge in [-0.15, -0.1) is 0 Å². The Morgan fingerprint density at radius 3 is 3.00 bits per heavy atom. The Kier molecular flexibility index (Phi) is 5.08. The molecule has 1 aromatic carbocycles. The summed E-state index contributed by atoms with van der Waals surface area (Å²) in [6.45, 7) is 1.85. The van der Waals surface area contributed by atoms with Crippen molar-refractivity contribution < 1.29 is 18.7 Å². The van der Waals surface area contributed by atoms with Crippen LogP contribution in [0.2, 0.25) is 0 Å². The van der Waals surface area contributed by atoms with Crippen molar-refractivity contribution >= 4 is 35.0 Å². The Labute approximate surface area is 144 Å². The van der Waals surface area contributed by atoms with Crippen LogP contribution in [0.5, 0.6) is 0 Å². The maximum atomic E-state index is 14.6. The first-order valence-electron chi connectivity index (χ1n) is 7.83. The van der Waals surface area contributed by atoms with Gasteiger partial charge < -0.3 is 10.1 Å². The Morgan fingerprint density at radius 1 is 1.50 bits per heavy atom. The summed E-state index contributed by atoms with van der Waals surface area (Å²) < 4.78 is 19.6. The molecule has 1 atom stereocenters. The first-order valence-corrected chi connectivity index (χ1v) is 8.99. The number of thioether (sulfide) groups is 1. The van der Waals surface area contributed by atoms with E-state index in [4.69, 9.17) is 4.74 Å². The number of rotatable bonds is 4. The van der Waals surface area contributed by atoms with Gasteiger partial charge in [-0.2, -0.15) is 11.8 Å². The maximum absolute atomic E-state index is 14.6. The molecule has 0 spiro atoms. The third-order valence-corrected chi connectivity index (χ3v) is 4.98. The molecule has 5 nitrogen and oxygen atoms in total. The lowest BCUT2D eigenvalue weighted by Gasteiger charge is -2.22. The molecule has 1 fully saturated rings. The summed E-state index contributed by atoms with van der Waals surface area (Å²) in [5, 5.41) is 2.67. The van der Waals surface area contributed by atoms with E-state index in [9.17, 15) is 14.0 Å². The lowest BCUT2D eigenvalue weighted by Crippen LogP contribution is -2.42. The molecule has 7 heteroatoms. The van der Waals surface area contributed by atoms with E-state index in [0.29, 0.717) is 11.3 Å². The van der Waals surface area contributed by atoms with Crippen molar-refractivity contribution in [3.63, 3.8) is 0 Å². The van der Waals surface area contributed by atoms with Gasteiger partial charge >= 0.3 is 6.09 Å². The summed E-state index contributed by atoms with van der Waals surface area (Å²) >= 11 is 1.83. The Hall–Kier alpha value is -2.02. The normalized spacial score (nSPS) is 20.6. The lowest BCUT2D eigenvalue weighted by molar-refractivity contribution is -0.119. The largest absolute Gasteiger partial charge is 0.447 e. The van der Waals surface area contributed by atoms with Crippen LogP contribution in [0.15, 0.2) is 24.3 Å². The van der Waals surface area contributed by atoms with E-state index in [2.05, 4.69) is 11.4 Å².